The van der Waals surface area contributed by atoms with E-state index in [1.807, 2.05) is 11.8 Å². The SMILES string of the molecule is CCNC(=NCC1(CO)COC1)NC1CCN(c2ncccc2F)C1.I. The number of halogens is 2. The van der Waals surface area contributed by atoms with E-state index < -0.39 is 0 Å². The summed E-state index contributed by atoms with van der Waals surface area (Å²) in [5.41, 5.74) is -0.249. The smallest absolute Gasteiger partial charge is 0.191 e. The number of aliphatic imine (C=N–C) groups is 1. The zero-order valence-electron chi connectivity index (χ0n) is 14.9. The number of anilines is 1. The standard InChI is InChI=1S/C17H26FN5O2.HI/c1-2-19-16(21-9-17(10-24)11-25-12-17)22-13-5-7-23(8-13)15-14(18)4-3-6-20-15;/h3-4,6,13,24H,2,5,7-12H2,1H3,(H2,19,21,22);1H. The van der Waals surface area contributed by atoms with E-state index in [0.29, 0.717) is 32.1 Å². The van der Waals surface area contributed by atoms with E-state index in [1.165, 1.54) is 6.07 Å². The Hall–Kier alpha value is -1.20. The van der Waals surface area contributed by atoms with Gasteiger partial charge in [-0.25, -0.2) is 9.37 Å². The maximum Gasteiger partial charge on any atom is 0.191 e. The van der Waals surface area contributed by atoms with Crippen molar-refractivity contribution in [2.75, 3.05) is 50.9 Å². The lowest BCUT2D eigenvalue weighted by Crippen LogP contribution is -2.50. The van der Waals surface area contributed by atoms with Crippen molar-refractivity contribution in [2.45, 2.75) is 19.4 Å². The minimum Gasteiger partial charge on any atom is -0.396 e. The van der Waals surface area contributed by atoms with Gasteiger partial charge in [-0.1, -0.05) is 0 Å². The molecule has 0 aromatic carbocycles. The number of nitrogens with one attached hydrogen (secondary N) is 2. The molecule has 2 aliphatic rings. The molecule has 2 fully saturated rings. The fourth-order valence-electron chi connectivity index (χ4n) is 3.06. The molecule has 3 rings (SSSR count). The summed E-state index contributed by atoms with van der Waals surface area (Å²) in [6, 6.07) is 3.20. The van der Waals surface area contributed by atoms with Gasteiger partial charge in [0.15, 0.2) is 17.6 Å². The van der Waals surface area contributed by atoms with Gasteiger partial charge >= 0.3 is 0 Å². The van der Waals surface area contributed by atoms with Crippen LogP contribution in [0.25, 0.3) is 0 Å². The van der Waals surface area contributed by atoms with Crippen molar-refractivity contribution in [1.82, 2.24) is 15.6 Å². The molecule has 0 aliphatic carbocycles. The van der Waals surface area contributed by atoms with Gasteiger partial charge in [0.1, 0.15) is 0 Å². The zero-order valence-corrected chi connectivity index (χ0v) is 17.3. The Morgan fingerprint density at radius 3 is 2.96 bits per heavy atom. The Morgan fingerprint density at radius 2 is 2.35 bits per heavy atom. The van der Waals surface area contributed by atoms with Gasteiger partial charge in [0.2, 0.25) is 0 Å². The number of nitrogens with zero attached hydrogens (tertiary/aromatic N) is 3. The number of rotatable bonds is 6. The van der Waals surface area contributed by atoms with Crippen molar-refractivity contribution in [3.8, 4) is 0 Å². The Morgan fingerprint density at radius 1 is 1.54 bits per heavy atom. The summed E-state index contributed by atoms with van der Waals surface area (Å²) in [6.07, 6.45) is 2.49. The Labute approximate surface area is 170 Å². The van der Waals surface area contributed by atoms with Crippen LogP contribution in [0.4, 0.5) is 10.2 Å². The molecule has 1 unspecified atom stereocenters. The van der Waals surface area contributed by atoms with Crippen LogP contribution in [0.1, 0.15) is 13.3 Å². The highest BCUT2D eigenvalue weighted by molar-refractivity contribution is 14.0. The largest absolute Gasteiger partial charge is 0.396 e. The minimum atomic E-state index is -0.293. The van der Waals surface area contributed by atoms with Gasteiger partial charge in [-0.05, 0) is 25.5 Å². The summed E-state index contributed by atoms with van der Waals surface area (Å²) in [5, 5.41) is 16.1. The molecule has 0 saturated carbocycles. The number of guanidine groups is 1. The molecule has 0 amide bonds. The highest BCUT2D eigenvalue weighted by Crippen LogP contribution is 2.27. The molecule has 7 nitrogen and oxygen atoms in total. The molecule has 0 bridgehead atoms. The van der Waals surface area contributed by atoms with E-state index in [1.54, 1.807) is 12.3 Å². The summed E-state index contributed by atoms with van der Waals surface area (Å²) in [7, 11) is 0. The van der Waals surface area contributed by atoms with Crippen LogP contribution in [0.5, 0.6) is 0 Å². The topological polar surface area (TPSA) is 82.0 Å². The predicted molar refractivity (Wildman–Crippen MR) is 110 cm³/mol. The van der Waals surface area contributed by atoms with E-state index in [0.717, 1.165) is 25.5 Å². The Kier molecular flexibility index (Phi) is 7.84. The van der Waals surface area contributed by atoms with Crippen LogP contribution in [0, 0.1) is 11.2 Å². The molecule has 0 spiro atoms. The molecule has 9 heteroatoms. The van der Waals surface area contributed by atoms with Crippen LogP contribution in [-0.2, 0) is 4.74 Å². The van der Waals surface area contributed by atoms with Gasteiger partial charge in [0, 0.05) is 31.9 Å². The molecule has 2 aliphatic heterocycles. The number of aliphatic hydroxyl groups is 1. The monoisotopic (exact) mass is 479 g/mol. The number of hydrogen-bond donors (Lipinski definition) is 3. The van der Waals surface area contributed by atoms with E-state index in [4.69, 9.17) is 4.74 Å². The summed E-state index contributed by atoms with van der Waals surface area (Å²) < 4.78 is 19.1. The quantitative estimate of drug-likeness (QED) is 0.321. The molecule has 1 aromatic rings. The normalized spacial score (nSPS) is 21.7. The van der Waals surface area contributed by atoms with Crippen LogP contribution >= 0.6 is 24.0 Å². The summed E-state index contributed by atoms with van der Waals surface area (Å²) in [4.78, 5) is 10.7. The molecule has 3 N–H and O–H groups in total. The minimum absolute atomic E-state index is 0. The lowest BCUT2D eigenvalue weighted by molar-refractivity contribution is -0.130. The molecule has 2 saturated heterocycles. The van der Waals surface area contributed by atoms with Gasteiger partial charge in [-0.3, -0.25) is 4.99 Å². The first-order valence-electron chi connectivity index (χ1n) is 8.75. The number of pyridine rings is 1. The summed E-state index contributed by atoms with van der Waals surface area (Å²) >= 11 is 0. The lowest BCUT2D eigenvalue weighted by atomic mass is 9.87. The fraction of sp³-hybridized carbons (Fsp3) is 0.647. The van der Waals surface area contributed by atoms with Crippen molar-refractivity contribution < 1.29 is 14.2 Å². The van der Waals surface area contributed by atoms with E-state index in [-0.39, 0.29) is 47.9 Å². The molecular weight excluding hydrogens is 452 g/mol. The third-order valence-corrected chi connectivity index (χ3v) is 4.64. The van der Waals surface area contributed by atoms with Crippen LogP contribution in [-0.4, -0.2) is 68.1 Å². The number of aliphatic hydroxyl groups excluding tert-OH is 1. The van der Waals surface area contributed by atoms with Crippen LogP contribution < -0.4 is 15.5 Å². The predicted octanol–water partition coefficient (Wildman–Crippen LogP) is 0.981. The second kappa shape index (κ2) is 9.65. The first-order valence-corrected chi connectivity index (χ1v) is 8.75. The van der Waals surface area contributed by atoms with Gasteiger partial charge in [0.05, 0.1) is 31.8 Å². The average Bonchev–Trinajstić information content (AvgIpc) is 3.03. The van der Waals surface area contributed by atoms with Crippen molar-refractivity contribution in [2.24, 2.45) is 10.4 Å². The van der Waals surface area contributed by atoms with Gasteiger partial charge in [0.25, 0.3) is 0 Å². The maximum absolute atomic E-state index is 13.9. The highest BCUT2D eigenvalue weighted by Gasteiger charge is 2.38. The van der Waals surface area contributed by atoms with E-state index in [9.17, 15) is 9.50 Å². The van der Waals surface area contributed by atoms with Crippen molar-refractivity contribution >= 4 is 35.8 Å². The molecule has 1 atom stereocenters. The first-order chi connectivity index (χ1) is 12.2. The molecule has 1 aromatic heterocycles. The third-order valence-electron chi connectivity index (χ3n) is 4.64. The van der Waals surface area contributed by atoms with Crippen LogP contribution in [0.15, 0.2) is 23.3 Å². The summed E-state index contributed by atoms with van der Waals surface area (Å²) in [6.45, 7) is 5.86. The highest BCUT2D eigenvalue weighted by atomic mass is 127. The van der Waals surface area contributed by atoms with Crippen molar-refractivity contribution in [3.63, 3.8) is 0 Å². The molecule has 3 heterocycles. The number of ether oxygens (including phenoxy) is 1. The van der Waals surface area contributed by atoms with Crippen LogP contribution in [0.3, 0.4) is 0 Å². The Balaban J connectivity index is 0.00000243. The maximum atomic E-state index is 13.9. The average molecular weight is 479 g/mol. The molecule has 0 radical (unpaired) electrons. The lowest BCUT2D eigenvalue weighted by Gasteiger charge is -2.38. The zero-order chi connectivity index (χ0) is 17.7. The van der Waals surface area contributed by atoms with Gasteiger partial charge in [-0.15, -0.1) is 24.0 Å². The van der Waals surface area contributed by atoms with E-state index in [2.05, 4.69) is 20.6 Å². The molecule has 146 valence electrons. The molecular formula is C17H27FIN5O2. The van der Waals surface area contributed by atoms with Crippen molar-refractivity contribution in [1.29, 1.82) is 0 Å². The number of aromatic nitrogens is 1. The second-order valence-electron chi connectivity index (χ2n) is 6.73. The second-order valence-corrected chi connectivity index (χ2v) is 6.73. The fourth-order valence-corrected chi connectivity index (χ4v) is 3.06. The van der Waals surface area contributed by atoms with Gasteiger partial charge < -0.3 is 25.4 Å². The Bertz CT molecular complexity index is 609. The first kappa shape index (κ1) is 21.1. The van der Waals surface area contributed by atoms with E-state index >= 15 is 0 Å². The number of hydrogen-bond acceptors (Lipinski definition) is 5. The van der Waals surface area contributed by atoms with Crippen LogP contribution in [0.2, 0.25) is 0 Å². The van der Waals surface area contributed by atoms with Crippen molar-refractivity contribution in [3.05, 3.63) is 24.1 Å². The summed E-state index contributed by atoms with van der Waals surface area (Å²) in [5.74, 6) is 0.828. The third kappa shape index (κ3) is 4.95. The molecule has 26 heavy (non-hydrogen) atoms. The van der Waals surface area contributed by atoms with Gasteiger partial charge in [-0.2, -0.15) is 0 Å².